The first kappa shape index (κ1) is 30.7. The third-order valence-corrected chi connectivity index (χ3v) is 8.57. The number of hydrogen-bond donors (Lipinski definition) is 3. The third-order valence-electron chi connectivity index (χ3n) is 6.40. The van der Waals surface area contributed by atoms with Crippen LogP contribution in [0.1, 0.15) is 28.9 Å². The van der Waals surface area contributed by atoms with Gasteiger partial charge in [0.15, 0.2) is 5.69 Å². The van der Waals surface area contributed by atoms with Gasteiger partial charge in [-0.15, -0.1) is 15.7 Å². The second-order valence-electron chi connectivity index (χ2n) is 9.39. The van der Waals surface area contributed by atoms with Crippen LogP contribution in [-0.2, 0) is 16.2 Å². The van der Waals surface area contributed by atoms with Crippen LogP contribution < -0.4 is 16.2 Å². The maximum absolute atomic E-state index is 13.9. The Labute approximate surface area is 252 Å². The molecule has 1 aliphatic rings. The number of likely N-dealkylation sites (tertiary alicyclic amines) is 1. The first-order valence-electron chi connectivity index (χ1n) is 13.0. The molecule has 0 bridgehead atoms. The van der Waals surface area contributed by atoms with Gasteiger partial charge in [-0.3, -0.25) is 15.5 Å². The zero-order chi connectivity index (χ0) is 31.5. The van der Waals surface area contributed by atoms with Gasteiger partial charge in [-0.2, -0.15) is 26.7 Å². The van der Waals surface area contributed by atoms with Crippen LogP contribution in [0.2, 0.25) is 0 Å². The standard InChI is InChI=1S/C27H23F4N7O4S2/c28-20-7-2-1-6-19(20)24(39)32-26(40)34-33-25(37-13-3-4-14-37)36-44(41,42)18-11-9-17(10-12-18)38-21(22-8-5-15-43-22)16-23(35-38)27(29,30)31/h1-2,5-12,15-16H,3-4,13-14H2,(H,33,36)(H2,32,34,39,40). The van der Waals surface area contributed by atoms with E-state index in [-0.39, 0.29) is 27.8 Å². The van der Waals surface area contributed by atoms with Crippen molar-refractivity contribution in [1.82, 2.24) is 30.8 Å². The van der Waals surface area contributed by atoms with Crippen molar-refractivity contribution in [3.05, 3.63) is 89.2 Å². The van der Waals surface area contributed by atoms with Crippen LogP contribution in [0, 0.1) is 5.82 Å². The van der Waals surface area contributed by atoms with Gasteiger partial charge < -0.3 is 4.90 Å². The van der Waals surface area contributed by atoms with E-state index in [4.69, 9.17) is 0 Å². The molecule has 0 spiro atoms. The van der Waals surface area contributed by atoms with Crippen molar-refractivity contribution in [1.29, 1.82) is 0 Å². The molecule has 2 aromatic carbocycles. The Kier molecular flexibility index (Phi) is 8.68. The fourth-order valence-electron chi connectivity index (χ4n) is 4.29. The highest BCUT2D eigenvalue weighted by molar-refractivity contribution is 7.90. The number of thiophene rings is 1. The molecule has 2 aromatic heterocycles. The molecule has 0 unspecified atom stereocenters. The summed E-state index contributed by atoms with van der Waals surface area (Å²) in [6.45, 7) is 0.841. The van der Waals surface area contributed by atoms with Crippen LogP contribution in [0.25, 0.3) is 16.3 Å². The van der Waals surface area contributed by atoms with E-state index in [1.807, 2.05) is 5.32 Å². The predicted octanol–water partition coefficient (Wildman–Crippen LogP) is 4.54. The highest BCUT2D eigenvalue weighted by atomic mass is 32.2. The molecule has 0 atom stereocenters. The first-order chi connectivity index (χ1) is 20.9. The topological polar surface area (TPSA) is 138 Å². The molecule has 11 nitrogen and oxygen atoms in total. The lowest BCUT2D eigenvalue weighted by Crippen LogP contribution is -2.53. The molecule has 5 rings (SSSR count). The number of halogens is 4. The number of aromatic nitrogens is 2. The molecule has 0 aliphatic carbocycles. The Morgan fingerprint density at radius 3 is 2.30 bits per heavy atom. The molecule has 4 aromatic rings. The molecule has 1 aliphatic heterocycles. The number of nitrogens with zero attached hydrogens (tertiary/aromatic N) is 4. The van der Waals surface area contributed by atoms with Crippen LogP contribution >= 0.6 is 11.3 Å². The molecule has 0 saturated carbocycles. The summed E-state index contributed by atoms with van der Waals surface area (Å²) in [5, 5.41) is 7.34. The average Bonchev–Trinajstić information content (AvgIpc) is 3.77. The van der Waals surface area contributed by atoms with Crippen molar-refractivity contribution in [2.75, 3.05) is 13.1 Å². The number of urea groups is 1. The monoisotopic (exact) mass is 649 g/mol. The summed E-state index contributed by atoms with van der Waals surface area (Å²) >= 11 is 1.22. The summed E-state index contributed by atoms with van der Waals surface area (Å²) in [5.74, 6) is -2.09. The molecular formula is C27H23F4N7O4S2. The van der Waals surface area contributed by atoms with Crippen molar-refractivity contribution in [3.63, 3.8) is 0 Å². The summed E-state index contributed by atoms with van der Waals surface area (Å²) in [4.78, 5) is 26.4. The zero-order valence-electron chi connectivity index (χ0n) is 22.5. The minimum atomic E-state index is -4.69. The molecule has 17 heteroatoms. The average molecular weight is 650 g/mol. The van der Waals surface area contributed by atoms with E-state index < -0.39 is 39.6 Å². The van der Waals surface area contributed by atoms with Gasteiger partial charge in [-0.1, -0.05) is 18.2 Å². The first-order valence-corrected chi connectivity index (χ1v) is 15.3. The number of carbonyl (C=O) groups excluding carboxylic acids is 2. The van der Waals surface area contributed by atoms with E-state index >= 15 is 0 Å². The number of nitrogens with one attached hydrogen (secondary N) is 3. The van der Waals surface area contributed by atoms with E-state index in [9.17, 15) is 35.6 Å². The second-order valence-corrected chi connectivity index (χ2v) is 11.9. The van der Waals surface area contributed by atoms with Crippen LogP contribution in [0.3, 0.4) is 0 Å². The number of carbonyl (C=O) groups is 2. The number of imide groups is 1. The van der Waals surface area contributed by atoms with Crippen LogP contribution in [0.4, 0.5) is 22.4 Å². The Bertz CT molecular complexity index is 1800. The van der Waals surface area contributed by atoms with Crippen molar-refractivity contribution in [3.8, 4) is 16.3 Å². The van der Waals surface area contributed by atoms with Gasteiger partial charge in [-0.25, -0.2) is 19.3 Å². The summed E-state index contributed by atoms with van der Waals surface area (Å²) in [5.41, 5.74) is 3.44. The molecule has 230 valence electrons. The van der Waals surface area contributed by atoms with Crippen molar-refractivity contribution < 1.29 is 35.6 Å². The minimum Gasteiger partial charge on any atom is -0.341 e. The summed E-state index contributed by atoms with van der Waals surface area (Å²) in [6.07, 6.45) is -3.24. The Morgan fingerprint density at radius 1 is 0.955 bits per heavy atom. The number of hydrazine groups is 1. The maximum atomic E-state index is 13.9. The summed E-state index contributed by atoms with van der Waals surface area (Å²) in [7, 11) is -4.40. The lowest BCUT2D eigenvalue weighted by atomic mass is 10.2. The maximum Gasteiger partial charge on any atom is 0.435 e. The lowest BCUT2D eigenvalue weighted by molar-refractivity contribution is -0.141. The molecule has 3 N–H and O–H groups in total. The van der Waals surface area contributed by atoms with Gasteiger partial charge in [-0.05, 0) is 66.8 Å². The Hall–Kier alpha value is -4.77. The Balaban J connectivity index is 1.36. The third kappa shape index (κ3) is 6.89. The fraction of sp³-hybridized carbons (Fsp3) is 0.185. The van der Waals surface area contributed by atoms with E-state index in [0.29, 0.717) is 18.0 Å². The van der Waals surface area contributed by atoms with E-state index in [1.54, 1.807) is 22.4 Å². The van der Waals surface area contributed by atoms with E-state index in [1.165, 1.54) is 53.8 Å². The minimum absolute atomic E-state index is 0.180. The predicted molar refractivity (Wildman–Crippen MR) is 153 cm³/mol. The number of amides is 3. The van der Waals surface area contributed by atoms with Crippen LogP contribution in [0.15, 0.2) is 81.4 Å². The summed E-state index contributed by atoms with van der Waals surface area (Å²) in [6, 6.07) is 13.1. The van der Waals surface area contributed by atoms with E-state index in [0.717, 1.165) is 29.7 Å². The number of benzene rings is 2. The zero-order valence-corrected chi connectivity index (χ0v) is 24.1. The normalized spacial score (nSPS) is 14.0. The quantitative estimate of drug-likeness (QED) is 0.125. The Morgan fingerprint density at radius 2 is 1.66 bits per heavy atom. The second kappa shape index (κ2) is 12.5. The molecule has 1 saturated heterocycles. The van der Waals surface area contributed by atoms with Gasteiger partial charge in [0.05, 0.1) is 26.7 Å². The van der Waals surface area contributed by atoms with Gasteiger partial charge in [0.2, 0.25) is 5.96 Å². The molecule has 3 amide bonds. The number of hydrogen-bond acceptors (Lipinski definition) is 6. The smallest absolute Gasteiger partial charge is 0.341 e. The van der Waals surface area contributed by atoms with Gasteiger partial charge in [0.25, 0.3) is 15.9 Å². The van der Waals surface area contributed by atoms with Crippen molar-refractivity contribution in [2.45, 2.75) is 23.9 Å². The lowest BCUT2D eigenvalue weighted by Gasteiger charge is -2.21. The van der Waals surface area contributed by atoms with Gasteiger partial charge in [0.1, 0.15) is 5.82 Å². The van der Waals surface area contributed by atoms with Crippen LogP contribution in [0.5, 0.6) is 0 Å². The van der Waals surface area contributed by atoms with Crippen molar-refractivity contribution >= 4 is 39.3 Å². The number of rotatable bonds is 5. The summed E-state index contributed by atoms with van der Waals surface area (Å²) < 4.78 is 85.6. The molecule has 0 radical (unpaired) electrons. The van der Waals surface area contributed by atoms with Crippen LogP contribution in [-0.4, -0.2) is 54.1 Å². The SMILES string of the molecule is O=C(NNC(=NS(=O)(=O)c1ccc(-n2nc(C(F)(F)F)cc2-c2cccs2)cc1)N1CCCC1)NC(=O)c1ccccc1F. The molecular weight excluding hydrogens is 626 g/mol. The van der Waals surface area contributed by atoms with Crippen molar-refractivity contribution in [2.24, 2.45) is 4.40 Å². The van der Waals surface area contributed by atoms with E-state index in [2.05, 4.69) is 20.3 Å². The number of alkyl halides is 3. The molecule has 44 heavy (non-hydrogen) atoms. The number of sulfonamides is 1. The largest absolute Gasteiger partial charge is 0.435 e. The fourth-order valence-corrected chi connectivity index (χ4v) is 5.99. The molecule has 3 heterocycles. The van der Waals surface area contributed by atoms with Gasteiger partial charge in [0, 0.05) is 13.1 Å². The number of guanidine groups is 1. The highest BCUT2D eigenvalue weighted by Crippen LogP contribution is 2.35. The molecule has 1 fully saturated rings. The van der Waals surface area contributed by atoms with Gasteiger partial charge >= 0.3 is 12.2 Å². The highest BCUT2D eigenvalue weighted by Gasteiger charge is 2.35.